The van der Waals surface area contributed by atoms with Crippen molar-refractivity contribution in [1.29, 1.82) is 5.26 Å². The molecule has 2 rings (SSSR count). The van der Waals surface area contributed by atoms with Gasteiger partial charge in [0.2, 0.25) is 0 Å². The highest BCUT2D eigenvalue weighted by Gasteiger charge is 2.08. The molecule has 0 aliphatic rings. The van der Waals surface area contributed by atoms with Gasteiger partial charge in [-0.25, -0.2) is 0 Å². The third-order valence-electron chi connectivity index (χ3n) is 2.45. The van der Waals surface area contributed by atoms with E-state index >= 15 is 0 Å². The molecule has 0 saturated heterocycles. The van der Waals surface area contributed by atoms with E-state index in [2.05, 4.69) is 5.32 Å². The van der Waals surface area contributed by atoms with Crippen molar-refractivity contribution in [3.63, 3.8) is 0 Å². The fraction of sp³-hybridized carbons (Fsp3) is 0. The number of halogens is 2. The highest BCUT2D eigenvalue weighted by Crippen LogP contribution is 2.23. The molecule has 0 aliphatic heterocycles. The van der Waals surface area contributed by atoms with Crippen LogP contribution < -0.4 is 5.32 Å². The van der Waals surface area contributed by atoms with Crippen LogP contribution in [0.5, 0.6) is 0 Å². The number of rotatable bonds is 2. The van der Waals surface area contributed by atoms with Gasteiger partial charge in [0.25, 0.3) is 5.91 Å². The second kappa shape index (κ2) is 5.75. The minimum atomic E-state index is -0.289. The monoisotopic (exact) mass is 290 g/mol. The Bertz CT molecular complexity index is 660. The summed E-state index contributed by atoms with van der Waals surface area (Å²) in [5.41, 5.74) is 1.56. The first-order chi connectivity index (χ1) is 9.10. The zero-order chi connectivity index (χ0) is 13.8. The van der Waals surface area contributed by atoms with Crippen molar-refractivity contribution in [1.82, 2.24) is 0 Å². The topological polar surface area (TPSA) is 52.9 Å². The summed E-state index contributed by atoms with van der Waals surface area (Å²) in [7, 11) is 0. The average molecular weight is 291 g/mol. The fourth-order valence-corrected chi connectivity index (χ4v) is 1.77. The van der Waals surface area contributed by atoms with Crippen molar-refractivity contribution in [3.05, 3.63) is 63.6 Å². The lowest BCUT2D eigenvalue weighted by Crippen LogP contribution is -2.11. The number of carbonyl (C=O) groups is 1. The molecular weight excluding hydrogens is 283 g/mol. The number of carbonyl (C=O) groups excluding carboxylic acids is 1. The lowest BCUT2D eigenvalue weighted by Gasteiger charge is -2.06. The van der Waals surface area contributed by atoms with E-state index < -0.39 is 0 Å². The van der Waals surface area contributed by atoms with Gasteiger partial charge in [-0.2, -0.15) is 5.26 Å². The van der Waals surface area contributed by atoms with Crippen LogP contribution in [0.4, 0.5) is 5.69 Å². The molecular formula is C14H8Cl2N2O. The first-order valence-electron chi connectivity index (χ1n) is 5.37. The van der Waals surface area contributed by atoms with Crippen LogP contribution in [-0.2, 0) is 0 Å². The maximum atomic E-state index is 12.0. The van der Waals surface area contributed by atoms with E-state index in [1.54, 1.807) is 36.4 Å². The van der Waals surface area contributed by atoms with Gasteiger partial charge in [0.05, 0.1) is 21.7 Å². The summed E-state index contributed by atoms with van der Waals surface area (Å²) in [4.78, 5) is 12.0. The van der Waals surface area contributed by atoms with E-state index in [1.807, 2.05) is 6.07 Å². The van der Waals surface area contributed by atoms with Crippen LogP contribution in [0.15, 0.2) is 42.5 Å². The summed E-state index contributed by atoms with van der Waals surface area (Å²) in [5, 5.41) is 12.1. The quantitative estimate of drug-likeness (QED) is 0.905. The summed E-state index contributed by atoms with van der Waals surface area (Å²) < 4.78 is 0. The van der Waals surface area contributed by atoms with Gasteiger partial charge < -0.3 is 5.32 Å². The number of amides is 1. The highest BCUT2D eigenvalue weighted by molar-refractivity contribution is 6.42. The molecule has 0 saturated carbocycles. The van der Waals surface area contributed by atoms with Crippen molar-refractivity contribution >= 4 is 34.8 Å². The molecule has 2 aromatic rings. The van der Waals surface area contributed by atoms with E-state index in [-0.39, 0.29) is 5.91 Å². The van der Waals surface area contributed by atoms with Gasteiger partial charge in [-0.3, -0.25) is 4.79 Å². The molecule has 2 aromatic carbocycles. The van der Waals surface area contributed by atoms with Crippen LogP contribution in [0.2, 0.25) is 10.0 Å². The van der Waals surface area contributed by atoms with Gasteiger partial charge in [-0.1, -0.05) is 23.2 Å². The molecule has 94 valence electrons. The summed E-state index contributed by atoms with van der Waals surface area (Å²) >= 11 is 11.6. The van der Waals surface area contributed by atoms with Crippen LogP contribution in [-0.4, -0.2) is 5.91 Å². The van der Waals surface area contributed by atoms with Crippen LogP contribution >= 0.6 is 23.2 Å². The van der Waals surface area contributed by atoms with E-state index in [4.69, 9.17) is 28.5 Å². The molecule has 0 radical (unpaired) electrons. The minimum absolute atomic E-state index is 0.289. The van der Waals surface area contributed by atoms with Gasteiger partial charge in [-0.05, 0) is 42.5 Å². The predicted octanol–water partition coefficient (Wildman–Crippen LogP) is 4.12. The summed E-state index contributed by atoms with van der Waals surface area (Å²) in [5.74, 6) is -0.289. The van der Waals surface area contributed by atoms with E-state index in [0.717, 1.165) is 0 Å². The number of nitrogens with zero attached hydrogens (tertiary/aromatic N) is 1. The average Bonchev–Trinajstić information content (AvgIpc) is 2.42. The van der Waals surface area contributed by atoms with Gasteiger partial charge in [0, 0.05) is 11.3 Å². The number of nitriles is 1. The molecule has 1 amide bonds. The zero-order valence-electron chi connectivity index (χ0n) is 9.65. The molecule has 0 spiro atoms. The van der Waals surface area contributed by atoms with Crippen molar-refractivity contribution in [3.8, 4) is 6.07 Å². The lowest BCUT2D eigenvalue weighted by molar-refractivity contribution is 0.102. The van der Waals surface area contributed by atoms with E-state index in [1.165, 1.54) is 6.07 Å². The Labute approximate surface area is 120 Å². The third kappa shape index (κ3) is 3.25. The second-order valence-corrected chi connectivity index (χ2v) is 4.59. The van der Waals surface area contributed by atoms with E-state index in [0.29, 0.717) is 26.9 Å². The molecule has 1 N–H and O–H groups in total. The molecule has 19 heavy (non-hydrogen) atoms. The van der Waals surface area contributed by atoms with Crippen LogP contribution in [0.25, 0.3) is 0 Å². The molecule has 0 fully saturated rings. The van der Waals surface area contributed by atoms with Crippen LogP contribution in [0.3, 0.4) is 0 Å². The van der Waals surface area contributed by atoms with Crippen molar-refractivity contribution < 1.29 is 4.79 Å². The van der Waals surface area contributed by atoms with Gasteiger partial charge in [0.1, 0.15) is 0 Å². The molecule has 0 unspecified atom stereocenters. The smallest absolute Gasteiger partial charge is 0.255 e. The molecule has 0 atom stereocenters. The first-order valence-corrected chi connectivity index (χ1v) is 6.12. The predicted molar refractivity (Wildman–Crippen MR) is 75.6 cm³/mol. The van der Waals surface area contributed by atoms with Crippen molar-refractivity contribution in [2.75, 3.05) is 5.32 Å². The van der Waals surface area contributed by atoms with Crippen molar-refractivity contribution in [2.45, 2.75) is 0 Å². The zero-order valence-corrected chi connectivity index (χ0v) is 11.2. The highest BCUT2D eigenvalue weighted by atomic mass is 35.5. The summed E-state index contributed by atoms with van der Waals surface area (Å²) in [6.07, 6.45) is 0. The maximum Gasteiger partial charge on any atom is 0.255 e. The van der Waals surface area contributed by atoms with Gasteiger partial charge in [-0.15, -0.1) is 0 Å². The van der Waals surface area contributed by atoms with Crippen LogP contribution in [0, 0.1) is 11.3 Å². The van der Waals surface area contributed by atoms with E-state index in [9.17, 15) is 4.79 Å². The second-order valence-electron chi connectivity index (χ2n) is 3.77. The largest absolute Gasteiger partial charge is 0.322 e. The Hall–Kier alpha value is -2.02. The third-order valence-corrected chi connectivity index (χ3v) is 3.19. The van der Waals surface area contributed by atoms with Crippen LogP contribution in [0.1, 0.15) is 15.9 Å². The van der Waals surface area contributed by atoms with Crippen molar-refractivity contribution in [2.24, 2.45) is 0 Å². The maximum absolute atomic E-state index is 12.0. The Kier molecular flexibility index (Phi) is 4.06. The number of hydrogen-bond donors (Lipinski definition) is 1. The Balaban J connectivity index is 2.16. The molecule has 5 heteroatoms. The standard InChI is InChI=1S/C14H8Cl2N2O/c15-12-6-3-10(7-13(12)16)14(19)18-11-4-1-9(8-17)2-5-11/h1-7H,(H,18,19). The normalized spacial score (nSPS) is 9.74. The molecule has 0 aliphatic carbocycles. The number of hydrogen-bond acceptors (Lipinski definition) is 2. The summed E-state index contributed by atoms with van der Waals surface area (Å²) in [6, 6.07) is 13.2. The van der Waals surface area contributed by atoms with Gasteiger partial charge >= 0.3 is 0 Å². The Morgan fingerprint density at radius 2 is 1.74 bits per heavy atom. The molecule has 3 nitrogen and oxygen atoms in total. The number of nitrogens with one attached hydrogen (secondary N) is 1. The lowest BCUT2D eigenvalue weighted by atomic mass is 10.2. The number of benzene rings is 2. The Morgan fingerprint density at radius 3 is 2.32 bits per heavy atom. The Morgan fingerprint density at radius 1 is 1.05 bits per heavy atom. The molecule has 0 bridgehead atoms. The number of anilines is 1. The fourth-order valence-electron chi connectivity index (χ4n) is 1.47. The molecule has 0 aromatic heterocycles. The summed E-state index contributed by atoms with van der Waals surface area (Å²) in [6.45, 7) is 0. The first kappa shape index (κ1) is 13.4. The minimum Gasteiger partial charge on any atom is -0.322 e. The molecule has 0 heterocycles. The SMILES string of the molecule is N#Cc1ccc(NC(=O)c2ccc(Cl)c(Cl)c2)cc1. The van der Waals surface area contributed by atoms with Gasteiger partial charge in [0.15, 0.2) is 0 Å².